The number of nitrogens with zero attached hydrogens (tertiary/aromatic N) is 1. The highest BCUT2D eigenvalue weighted by molar-refractivity contribution is 7.13. The SMILES string of the molecule is COC(=O)Cc1csc(-c2cc(C(F)(F)F)ccc2F)n1. The third-order valence-corrected chi connectivity index (χ3v) is 3.55. The molecule has 2 rings (SSSR count). The van der Waals surface area contributed by atoms with E-state index in [1.807, 2.05) is 0 Å². The maximum atomic E-state index is 13.7. The molecule has 0 aliphatic rings. The normalized spacial score (nSPS) is 11.5. The zero-order chi connectivity index (χ0) is 15.6. The molecule has 0 saturated carbocycles. The topological polar surface area (TPSA) is 39.2 Å². The number of carbonyl (C=O) groups is 1. The molecule has 8 heteroatoms. The van der Waals surface area contributed by atoms with E-state index < -0.39 is 23.5 Å². The van der Waals surface area contributed by atoms with Gasteiger partial charge in [-0.1, -0.05) is 0 Å². The van der Waals surface area contributed by atoms with Gasteiger partial charge in [0.1, 0.15) is 10.8 Å². The first-order chi connectivity index (χ1) is 9.81. The van der Waals surface area contributed by atoms with Crippen LogP contribution in [0.2, 0.25) is 0 Å². The van der Waals surface area contributed by atoms with Gasteiger partial charge in [-0.3, -0.25) is 4.79 Å². The molecule has 1 aromatic carbocycles. The Balaban J connectivity index is 2.36. The van der Waals surface area contributed by atoms with Crippen LogP contribution in [-0.4, -0.2) is 18.1 Å². The number of ether oxygens (including phenoxy) is 1. The Hall–Kier alpha value is -1.96. The number of carbonyl (C=O) groups excluding carboxylic acids is 1. The van der Waals surface area contributed by atoms with Crippen LogP contribution in [0.5, 0.6) is 0 Å². The van der Waals surface area contributed by atoms with Crippen molar-refractivity contribution in [2.45, 2.75) is 12.6 Å². The number of hydrogen-bond acceptors (Lipinski definition) is 4. The van der Waals surface area contributed by atoms with Crippen LogP contribution < -0.4 is 0 Å². The highest BCUT2D eigenvalue weighted by Gasteiger charge is 2.31. The summed E-state index contributed by atoms with van der Waals surface area (Å²) in [5, 5.41) is 1.56. The van der Waals surface area contributed by atoms with Gasteiger partial charge in [-0.25, -0.2) is 9.37 Å². The van der Waals surface area contributed by atoms with Crippen molar-refractivity contribution < 1.29 is 27.1 Å². The Morgan fingerprint density at radius 2 is 2.10 bits per heavy atom. The lowest BCUT2D eigenvalue weighted by atomic mass is 10.1. The Morgan fingerprint density at radius 3 is 2.71 bits per heavy atom. The van der Waals surface area contributed by atoms with Crippen molar-refractivity contribution in [2.75, 3.05) is 7.11 Å². The van der Waals surface area contributed by atoms with E-state index in [-0.39, 0.29) is 17.0 Å². The smallest absolute Gasteiger partial charge is 0.416 e. The molecule has 0 aliphatic heterocycles. The van der Waals surface area contributed by atoms with Crippen molar-refractivity contribution in [3.63, 3.8) is 0 Å². The van der Waals surface area contributed by atoms with Crippen molar-refractivity contribution >= 4 is 17.3 Å². The van der Waals surface area contributed by atoms with Gasteiger partial charge in [0, 0.05) is 10.9 Å². The number of rotatable bonds is 3. The monoisotopic (exact) mass is 319 g/mol. The Labute approximate surface area is 121 Å². The highest BCUT2D eigenvalue weighted by atomic mass is 32.1. The van der Waals surface area contributed by atoms with Crippen molar-refractivity contribution in [3.8, 4) is 10.6 Å². The van der Waals surface area contributed by atoms with Crippen LogP contribution in [0.3, 0.4) is 0 Å². The molecule has 0 radical (unpaired) electrons. The molecule has 0 fully saturated rings. The fourth-order valence-electron chi connectivity index (χ4n) is 1.60. The third kappa shape index (κ3) is 3.57. The summed E-state index contributed by atoms with van der Waals surface area (Å²) in [4.78, 5) is 15.1. The summed E-state index contributed by atoms with van der Waals surface area (Å²) in [5.41, 5.74) is -0.881. The van der Waals surface area contributed by atoms with Crippen molar-refractivity contribution in [1.29, 1.82) is 0 Å². The number of methoxy groups -OCH3 is 1. The number of thiazole rings is 1. The van der Waals surface area contributed by atoms with Gasteiger partial charge in [-0.15, -0.1) is 11.3 Å². The second kappa shape index (κ2) is 5.80. The first-order valence-corrected chi connectivity index (χ1v) is 6.57. The number of halogens is 4. The lowest BCUT2D eigenvalue weighted by molar-refractivity contribution is -0.140. The summed E-state index contributed by atoms with van der Waals surface area (Å²) in [6, 6.07) is 2.12. The predicted molar refractivity (Wildman–Crippen MR) is 68.2 cm³/mol. The first kappa shape index (κ1) is 15.4. The lowest BCUT2D eigenvalue weighted by Crippen LogP contribution is -2.06. The first-order valence-electron chi connectivity index (χ1n) is 5.69. The molecule has 1 aromatic heterocycles. The van der Waals surface area contributed by atoms with Gasteiger partial charge in [0.05, 0.1) is 24.8 Å². The van der Waals surface area contributed by atoms with Gasteiger partial charge < -0.3 is 4.74 Å². The minimum atomic E-state index is -4.56. The molecule has 3 nitrogen and oxygen atoms in total. The molecule has 2 aromatic rings. The average molecular weight is 319 g/mol. The van der Waals surface area contributed by atoms with Gasteiger partial charge >= 0.3 is 12.1 Å². The van der Waals surface area contributed by atoms with Gasteiger partial charge in [0.15, 0.2) is 0 Å². The third-order valence-electron chi connectivity index (χ3n) is 2.63. The van der Waals surface area contributed by atoms with Gasteiger partial charge in [-0.05, 0) is 18.2 Å². The standard InChI is InChI=1S/C13H9F4NO2S/c1-20-11(19)5-8-6-21-12(18-8)9-4-7(13(15,16)17)2-3-10(9)14/h2-4,6H,5H2,1H3. The average Bonchev–Trinajstić information content (AvgIpc) is 2.86. The van der Waals surface area contributed by atoms with Crippen LogP contribution in [0.4, 0.5) is 17.6 Å². The van der Waals surface area contributed by atoms with E-state index in [0.717, 1.165) is 17.4 Å². The van der Waals surface area contributed by atoms with Crippen molar-refractivity contribution in [1.82, 2.24) is 4.98 Å². The Kier molecular flexibility index (Phi) is 4.26. The van der Waals surface area contributed by atoms with E-state index in [4.69, 9.17) is 0 Å². The Morgan fingerprint density at radius 1 is 1.38 bits per heavy atom. The van der Waals surface area contributed by atoms with Gasteiger partial charge in [-0.2, -0.15) is 13.2 Å². The van der Waals surface area contributed by atoms with E-state index >= 15 is 0 Å². The second-order valence-electron chi connectivity index (χ2n) is 4.09. The molecule has 0 amide bonds. The van der Waals surface area contributed by atoms with E-state index in [2.05, 4.69) is 9.72 Å². The summed E-state index contributed by atoms with van der Waals surface area (Å²) in [6.07, 6.45) is -4.68. The molecule has 0 bridgehead atoms. The minimum absolute atomic E-state index is 0.0810. The molecule has 0 saturated heterocycles. The predicted octanol–water partition coefficient (Wildman–Crippen LogP) is 3.68. The zero-order valence-corrected chi connectivity index (χ0v) is 11.5. The van der Waals surface area contributed by atoms with Gasteiger partial charge in [0.25, 0.3) is 0 Å². The quantitative estimate of drug-likeness (QED) is 0.640. The fraction of sp³-hybridized carbons (Fsp3) is 0.231. The number of benzene rings is 1. The van der Waals surface area contributed by atoms with Crippen LogP contribution in [0.15, 0.2) is 23.6 Å². The van der Waals surface area contributed by atoms with E-state index in [9.17, 15) is 22.4 Å². The summed E-state index contributed by atoms with van der Waals surface area (Å²) in [7, 11) is 1.21. The maximum Gasteiger partial charge on any atom is 0.416 e. The van der Waals surface area contributed by atoms with E-state index in [1.54, 1.807) is 0 Å². The summed E-state index contributed by atoms with van der Waals surface area (Å²) in [5.74, 6) is -1.33. The van der Waals surface area contributed by atoms with Gasteiger partial charge in [0.2, 0.25) is 0 Å². The number of hydrogen-bond donors (Lipinski definition) is 0. The molecule has 0 unspecified atom stereocenters. The van der Waals surface area contributed by atoms with E-state index in [1.165, 1.54) is 12.5 Å². The molecular formula is C13H9F4NO2S. The fourth-order valence-corrected chi connectivity index (χ4v) is 2.43. The molecule has 0 spiro atoms. The molecule has 21 heavy (non-hydrogen) atoms. The van der Waals surface area contributed by atoms with Crippen molar-refractivity contribution in [3.05, 3.63) is 40.7 Å². The lowest BCUT2D eigenvalue weighted by Gasteiger charge is -2.08. The number of esters is 1. The highest BCUT2D eigenvalue weighted by Crippen LogP contribution is 2.34. The van der Waals surface area contributed by atoms with Crippen LogP contribution in [0.1, 0.15) is 11.3 Å². The molecular weight excluding hydrogens is 310 g/mol. The summed E-state index contributed by atoms with van der Waals surface area (Å²) < 4.78 is 56.1. The molecule has 0 aliphatic carbocycles. The largest absolute Gasteiger partial charge is 0.469 e. The number of aromatic nitrogens is 1. The summed E-state index contributed by atoms with van der Waals surface area (Å²) in [6.45, 7) is 0. The molecule has 112 valence electrons. The molecule has 0 atom stereocenters. The second-order valence-corrected chi connectivity index (χ2v) is 4.95. The van der Waals surface area contributed by atoms with E-state index in [0.29, 0.717) is 17.8 Å². The molecule has 1 heterocycles. The van der Waals surface area contributed by atoms with Crippen molar-refractivity contribution in [2.24, 2.45) is 0 Å². The maximum absolute atomic E-state index is 13.7. The zero-order valence-electron chi connectivity index (χ0n) is 10.7. The Bertz CT molecular complexity index is 666. The minimum Gasteiger partial charge on any atom is -0.469 e. The van der Waals surface area contributed by atoms with Crippen LogP contribution >= 0.6 is 11.3 Å². The molecule has 0 N–H and O–H groups in total. The van der Waals surface area contributed by atoms with Crippen LogP contribution in [0.25, 0.3) is 10.6 Å². The van der Waals surface area contributed by atoms with Crippen LogP contribution in [0, 0.1) is 5.82 Å². The number of alkyl halides is 3. The summed E-state index contributed by atoms with van der Waals surface area (Å²) >= 11 is 0.962. The van der Waals surface area contributed by atoms with Crippen LogP contribution in [-0.2, 0) is 22.1 Å².